The Balaban J connectivity index is 2.69. The van der Waals surface area contributed by atoms with Crippen molar-refractivity contribution in [2.45, 2.75) is 32.4 Å². The number of rotatable bonds is 2. The fraction of sp³-hybridized carbons (Fsp3) is 0.857. The molecule has 0 spiro atoms. The van der Waals surface area contributed by atoms with Crippen LogP contribution in [-0.2, 0) is 4.79 Å². The number of carbonyl (C=O) groups is 1. The first-order chi connectivity index (χ1) is 4.92. The van der Waals surface area contributed by atoms with Crippen molar-refractivity contribution >= 4 is 5.78 Å². The van der Waals surface area contributed by atoms with E-state index in [4.69, 9.17) is 0 Å². The van der Waals surface area contributed by atoms with Crippen LogP contribution in [0.4, 0.5) is 13.2 Å². The van der Waals surface area contributed by atoms with Gasteiger partial charge in [-0.05, 0) is 19.3 Å². The minimum Gasteiger partial charge on any atom is -0.289 e. The lowest BCUT2D eigenvalue weighted by molar-refractivity contribution is -0.177. The van der Waals surface area contributed by atoms with E-state index in [-0.39, 0.29) is 0 Å². The summed E-state index contributed by atoms with van der Waals surface area (Å²) in [5.41, 5.74) is -1.03. The van der Waals surface area contributed by atoms with Gasteiger partial charge in [0.05, 0.1) is 0 Å². The molecule has 0 atom stereocenters. The summed E-state index contributed by atoms with van der Waals surface area (Å²) in [6.07, 6.45) is -3.51. The van der Waals surface area contributed by atoms with Crippen molar-refractivity contribution in [3.63, 3.8) is 0 Å². The Hall–Kier alpha value is -0.540. The normalized spacial score (nSPS) is 21.5. The molecule has 0 N–H and O–H groups in total. The first-order valence-corrected chi connectivity index (χ1v) is 3.54. The van der Waals surface area contributed by atoms with Crippen LogP contribution in [0.1, 0.15) is 26.2 Å². The van der Waals surface area contributed by atoms with E-state index in [1.165, 1.54) is 0 Å². The quantitative estimate of drug-likeness (QED) is 0.615. The van der Waals surface area contributed by atoms with E-state index in [0.29, 0.717) is 19.3 Å². The molecule has 0 heterocycles. The molecule has 1 rings (SSSR count). The number of hydrogen-bond acceptors (Lipinski definition) is 1. The molecule has 0 aliphatic heterocycles. The topological polar surface area (TPSA) is 17.1 Å². The molecule has 4 heteroatoms. The predicted octanol–water partition coefficient (Wildman–Crippen LogP) is 2.31. The average Bonchev–Trinajstić information content (AvgIpc) is 2.64. The van der Waals surface area contributed by atoms with Crippen LogP contribution in [0, 0.1) is 5.41 Å². The summed E-state index contributed by atoms with van der Waals surface area (Å²) in [5, 5.41) is 0. The van der Waals surface area contributed by atoms with E-state index < -0.39 is 17.4 Å². The van der Waals surface area contributed by atoms with E-state index in [2.05, 4.69) is 0 Å². The van der Waals surface area contributed by atoms with Gasteiger partial charge in [0.15, 0.2) is 0 Å². The highest BCUT2D eigenvalue weighted by atomic mass is 19.4. The van der Waals surface area contributed by atoms with Crippen LogP contribution in [0.5, 0.6) is 0 Å². The summed E-state index contributed by atoms with van der Waals surface area (Å²) in [6.45, 7) is 1.62. The monoisotopic (exact) mass is 166 g/mol. The molecular formula is C7H9F3O. The Bertz CT molecular complexity index is 179. The lowest BCUT2D eigenvalue weighted by Crippen LogP contribution is -2.31. The molecule has 0 amide bonds. The second-order valence-corrected chi connectivity index (χ2v) is 2.96. The summed E-state index contributed by atoms with van der Waals surface area (Å²) in [6, 6.07) is 0. The van der Waals surface area contributed by atoms with Gasteiger partial charge in [0, 0.05) is 5.41 Å². The number of alkyl halides is 3. The first kappa shape index (κ1) is 8.56. The summed E-state index contributed by atoms with van der Waals surface area (Å²) in [4.78, 5) is 10.7. The molecule has 11 heavy (non-hydrogen) atoms. The van der Waals surface area contributed by atoms with Gasteiger partial charge in [0.25, 0.3) is 0 Å². The van der Waals surface area contributed by atoms with Crippen molar-refractivity contribution in [1.82, 2.24) is 0 Å². The summed E-state index contributed by atoms with van der Waals surface area (Å²) >= 11 is 0. The molecule has 0 aromatic heterocycles. The van der Waals surface area contributed by atoms with Gasteiger partial charge >= 0.3 is 6.18 Å². The van der Waals surface area contributed by atoms with Crippen molar-refractivity contribution in [3.05, 3.63) is 0 Å². The molecule has 0 aromatic carbocycles. The second kappa shape index (κ2) is 2.22. The lowest BCUT2D eigenvalue weighted by atomic mass is 9.98. The van der Waals surface area contributed by atoms with Gasteiger partial charge in [-0.1, -0.05) is 6.92 Å². The molecule has 0 radical (unpaired) electrons. The second-order valence-electron chi connectivity index (χ2n) is 2.96. The van der Waals surface area contributed by atoms with Crippen LogP contribution < -0.4 is 0 Å². The highest BCUT2D eigenvalue weighted by Crippen LogP contribution is 2.52. The minimum atomic E-state index is -4.63. The summed E-state index contributed by atoms with van der Waals surface area (Å²) < 4.78 is 35.5. The van der Waals surface area contributed by atoms with E-state index in [9.17, 15) is 18.0 Å². The third-order valence-electron chi connectivity index (χ3n) is 2.27. The van der Waals surface area contributed by atoms with Crippen LogP contribution in [-0.4, -0.2) is 12.0 Å². The SMILES string of the molecule is CCC1(C(=O)C(F)(F)F)CC1. The van der Waals surface area contributed by atoms with Gasteiger partial charge in [-0.25, -0.2) is 0 Å². The zero-order chi connectivity index (χ0) is 8.70. The molecule has 0 unspecified atom stereocenters. The minimum absolute atomic E-state index is 0.311. The number of hydrogen-bond donors (Lipinski definition) is 0. The van der Waals surface area contributed by atoms with Crippen molar-refractivity contribution in [1.29, 1.82) is 0 Å². The molecular weight excluding hydrogens is 157 g/mol. The number of Topliss-reactive ketones (excluding diaryl/α,β-unsaturated/α-hetero) is 1. The third kappa shape index (κ3) is 1.39. The summed E-state index contributed by atoms with van der Waals surface area (Å²) in [7, 11) is 0. The van der Waals surface area contributed by atoms with Gasteiger partial charge in [0.1, 0.15) is 0 Å². The zero-order valence-corrected chi connectivity index (χ0v) is 6.16. The largest absolute Gasteiger partial charge is 0.450 e. The maximum Gasteiger partial charge on any atom is 0.450 e. The van der Waals surface area contributed by atoms with Crippen molar-refractivity contribution < 1.29 is 18.0 Å². The Morgan fingerprint density at radius 3 is 2.00 bits per heavy atom. The van der Waals surface area contributed by atoms with Crippen LogP contribution in [0.2, 0.25) is 0 Å². The molecule has 0 bridgehead atoms. The molecule has 1 aliphatic rings. The molecule has 0 saturated heterocycles. The highest BCUT2D eigenvalue weighted by Gasteiger charge is 2.58. The number of ketones is 1. The van der Waals surface area contributed by atoms with Gasteiger partial charge in [0.2, 0.25) is 5.78 Å². The maximum atomic E-state index is 11.8. The first-order valence-electron chi connectivity index (χ1n) is 3.54. The Morgan fingerprint density at radius 2 is 1.91 bits per heavy atom. The third-order valence-corrected chi connectivity index (χ3v) is 2.27. The van der Waals surface area contributed by atoms with E-state index >= 15 is 0 Å². The maximum absolute atomic E-state index is 11.8. The fourth-order valence-corrected chi connectivity index (χ4v) is 1.19. The van der Waals surface area contributed by atoms with Crippen molar-refractivity contribution in [2.24, 2.45) is 5.41 Å². The lowest BCUT2D eigenvalue weighted by Gasteiger charge is -2.12. The summed E-state index contributed by atoms with van der Waals surface area (Å²) in [5.74, 6) is -1.53. The van der Waals surface area contributed by atoms with Crippen molar-refractivity contribution in [2.75, 3.05) is 0 Å². The molecule has 1 aliphatic carbocycles. The molecule has 1 nitrogen and oxygen atoms in total. The zero-order valence-electron chi connectivity index (χ0n) is 6.16. The Labute approximate surface area is 62.6 Å². The average molecular weight is 166 g/mol. The number of halogens is 3. The highest BCUT2D eigenvalue weighted by molar-refractivity contribution is 5.91. The van der Waals surface area contributed by atoms with Gasteiger partial charge < -0.3 is 0 Å². The van der Waals surface area contributed by atoms with Crippen LogP contribution in [0.3, 0.4) is 0 Å². The molecule has 1 saturated carbocycles. The Kier molecular flexibility index (Phi) is 1.73. The smallest absolute Gasteiger partial charge is 0.289 e. The molecule has 64 valence electrons. The predicted molar refractivity (Wildman–Crippen MR) is 33.0 cm³/mol. The number of carbonyl (C=O) groups excluding carboxylic acids is 1. The van der Waals surface area contributed by atoms with Crippen LogP contribution >= 0.6 is 0 Å². The standard InChI is InChI=1S/C7H9F3O/c1-2-6(3-4-6)5(11)7(8,9)10/h2-4H2,1H3. The van der Waals surface area contributed by atoms with Crippen LogP contribution in [0.15, 0.2) is 0 Å². The molecule has 0 aromatic rings. The Morgan fingerprint density at radius 1 is 1.45 bits per heavy atom. The van der Waals surface area contributed by atoms with Gasteiger partial charge in [-0.3, -0.25) is 4.79 Å². The van der Waals surface area contributed by atoms with Crippen LogP contribution in [0.25, 0.3) is 0 Å². The molecule has 1 fully saturated rings. The van der Waals surface area contributed by atoms with E-state index in [1.54, 1.807) is 6.92 Å². The van der Waals surface area contributed by atoms with E-state index in [0.717, 1.165) is 0 Å². The van der Waals surface area contributed by atoms with Gasteiger partial charge in [-0.15, -0.1) is 0 Å². The van der Waals surface area contributed by atoms with E-state index in [1.807, 2.05) is 0 Å². The van der Waals surface area contributed by atoms with Crippen molar-refractivity contribution in [3.8, 4) is 0 Å². The fourth-order valence-electron chi connectivity index (χ4n) is 1.19. The van der Waals surface area contributed by atoms with Gasteiger partial charge in [-0.2, -0.15) is 13.2 Å².